The van der Waals surface area contributed by atoms with Gasteiger partial charge in [-0.05, 0) is 42.2 Å². The van der Waals surface area contributed by atoms with Gasteiger partial charge in [-0.1, -0.05) is 36.8 Å². The van der Waals surface area contributed by atoms with Crippen LogP contribution in [0.1, 0.15) is 44.1 Å². The molecule has 1 nitrogen and oxygen atoms in total. The minimum Gasteiger partial charge on any atom is -0.300 e. The van der Waals surface area contributed by atoms with E-state index >= 15 is 0 Å². The van der Waals surface area contributed by atoms with Gasteiger partial charge in [0.2, 0.25) is 0 Å². The Morgan fingerprint density at radius 2 is 1.75 bits per heavy atom. The minimum atomic E-state index is 0.125. The molecule has 1 unspecified atom stereocenters. The Hall–Kier alpha value is -0.410. The molecule has 0 bridgehead atoms. The number of rotatable bonds is 2. The topological polar surface area (TPSA) is 17.1 Å². The predicted molar refractivity (Wildman–Crippen MR) is 89.2 cm³/mol. The summed E-state index contributed by atoms with van der Waals surface area (Å²) >= 11 is 4.18. The summed E-state index contributed by atoms with van der Waals surface area (Å²) in [6.45, 7) is 0. The van der Waals surface area contributed by atoms with E-state index in [1.165, 1.54) is 36.3 Å². The molecule has 1 saturated heterocycles. The Morgan fingerprint density at radius 1 is 1.00 bits per heavy atom. The molecule has 1 aromatic rings. The molecule has 108 valence electrons. The number of ketones is 1. The van der Waals surface area contributed by atoms with Gasteiger partial charge < -0.3 is 0 Å². The zero-order valence-corrected chi connectivity index (χ0v) is 13.5. The van der Waals surface area contributed by atoms with Crippen molar-refractivity contribution in [1.29, 1.82) is 0 Å². The largest absolute Gasteiger partial charge is 0.300 e. The third kappa shape index (κ3) is 2.94. The second-order valence-corrected chi connectivity index (χ2v) is 8.71. The first-order valence-electron chi connectivity index (χ1n) is 7.66. The molecule has 0 amide bonds. The fourth-order valence-electron chi connectivity index (χ4n) is 3.37. The Kier molecular flexibility index (Phi) is 4.77. The van der Waals surface area contributed by atoms with Gasteiger partial charge in [-0.25, -0.2) is 0 Å². The van der Waals surface area contributed by atoms with Crippen molar-refractivity contribution in [1.82, 2.24) is 0 Å². The van der Waals surface area contributed by atoms with E-state index in [0.717, 1.165) is 19.3 Å². The van der Waals surface area contributed by atoms with Crippen LogP contribution in [0, 0.1) is 5.92 Å². The average Bonchev–Trinajstić information content (AvgIpc) is 2.74. The van der Waals surface area contributed by atoms with E-state index in [1.54, 1.807) is 0 Å². The highest BCUT2D eigenvalue weighted by Crippen LogP contribution is 2.57. The van der Waals surface area contributed by atoms with Crippen molar-refractivity contribution in [3.05, 3.63) is 35.9 Å². The van der Waals surface area contributed by atoms with Gasteiger partial charge in [0.05, 0.1) is 4.08 Å². The second kappa shape index (κ2) is 6.57. The summed E-state index contributed by atoms with van der Waals surface area (Å²) in [6, 6.07) is 10.9. The van der Waals surface area contributed by atoms with E-state index in [4.69, 9.17) is 0 Å². The van der Waals surface area contributed by atoms with E-state index in [0.29, 0.717) is 11.7 Å². The SMILES string of the molecule is O=C1CCCCC(C2(c3ccccc3)SCCCS2)C1. The minimum absolute atomic E-state index is 0.125. The van der Waals surface area contributed by atoms with Crippen LogP contribution in [-0.4, -0.2) is 17.3 Å². The number of carbonyl (C=O) groups excluding carboxylic acids is 1. The molecule has 0 aromatic heterocycles. The molecular weight excluding hydrogens is 284 g/mol. The number of hydrogen-bond donors (Lipinski definition) is 0. The van der Waals surface area contributed by atoms with Gasteiger partial charge in [0.25, 0.3) is 0 Å². The smallest absolute Gasteiger partial charge is 0.133 e. The summed E-state index contributed by atoms with van der Waals surface area (Å²) in [5, 5.41) is 0. The molecule has 2 aliphatic rings. The molecule has 1 aromatic carbocycles. The summed E-state index contributed by atoms with van der Waals surface area (Å²) < 4.78 is 0.125. The Bertz CT molecular complexity index is 451. The summed E-state index contributed by atoms with van der Waals surface area (Å²) in [6.07, 6.45) is 6.40. The Balaban J connectivity index is 1.94. The first-order valence-corrected chi connectivity index (χ1v) is 9.63. The van der Waals surface area contributed by atoms with Gasteiger partial charge >= 0.3 is 0 Å². The van der Waals surface area contributed by atoms with Gasteiger partial charge in [-0.3, -0.25) is 4.79 Å². The molecule has 0 N–H and O–H groups in total. The molecule has 1 atom stereocenters. The summed E-state index contributed by atoms with van der Waals surface area (Å²) in [4.78, 5) is 12.1. The van der Waals surface area contributed by atoms with Crippen LogP contribution in [0.5, 0.6) is 0 Å². The highest BCUT2D eigenvalue weighted by Gasteiger charge is 2.43. The highest BCUT2D eigenvalue weighted by atomic mass is 32.2. The van der Waals surface area contributed by atoms with Crippen LogP contribution in [0.15, 0.2) is 30.3 Å². The first-order chi connectivity index (χ1) is 9.81. The summed E-state index contributed by atoms with van der Waals surface area (Å²) in [7, 11) is 0. The van der Waals surface area contributed by atoms with Gasteiger partial charge in [-0.2, -0.15) is 0 Å². The standard InChI is InChI=1S/C17H22OS2/c18-16-10-5-4-9-15(13-16)17(19-11-6-12-20-17)14-7-2-1-3-8-14/h1-3,7-8,15H,4-6,9-13H2. The number of hydrogen-bond acceptors (Lipinski definition) is 3. The quantitative estimate of drug-likeness (QED) is 0.726. The van der Waals surface area contributed by atoms with Crippen molar-refractivity contribution >= 4 is 29.3 Å². The molecule has 0 radical (unpaired) electrons. The molecule has 0 spiro atoms. The monoisotopic (exact) mass is 306 g/mol. The van der Waals surface area contributed by atoms with Crippen molar-refractivity contribution in [2.24, 2.45) is 5.92 Å². The lowest BCUT2D eigenvalue weighted by atomic mass is 9.90. The lowest BCUT2D eigenvalue weighted by molar-refractivity contribution is -0.119. The van der Waals surface area contributed by atoms with E-state index in [9.17, 15) is 4.79 Å². The van der Waals surface area contributed by atoms with Crippen molar-refractivity contribution in [2.75, 3.05) is 11.5 Å². The molecule has 1 aliphatic heterocycles. The van der Waals surface area contributed by atoms with Crippen LogP contribution in [0.3, 0.4) is 0 Å². The van der Waals surface area contributed by atoms with Crippen LogP contribution in [0.25, 0.3) is 0 Å². The van der Waals surface area contributed by atoms with Gasteiger partial charge in [-0.15, -0.1) is 23.5 Å². The van der Waals surface area contributed by atoms with E-state index in [1.807, 2.05) is 0 Å². The number of carbonyl (C=O) groups is 1. The zero-order chi connectivity index (χ0) is 13.8. The maximum absolute atomic E-state index is 12.1. The van der Waals surface area contributed by atoms with Crippen molar-refractivity contribution in [3.8, 4) is 0 Å². The van der Waals surface area contributed by atoms with Crippen molar-refractivity contribution in [2.45, 2.75) is 42.6 Å². The van der Waals surface area contributed by atoms with Gasteiger partial charge in [0.1, 0.15) is 5.78 Å². The van der Waals surface area contributed by atoms with Gasteiger partial charge in [0, 0.05) is 12.8 Å². The van der Waals surface area contributed by atoms with E-state index in [2.05, 4.69) is 53.9 Å². The predicted octanol–water partition coefficient (Wildman–Crippen LogP) is 4.86. The fraction of sp³-hybridized carbons (Fsp3) is 0.588. The average molecular weight is 306 g/mol. The third-order valence-corrected chi connectivity index (χ3v) is 8.06. The molecule has 20 heavy (non-hydrogen) atoms. The Morgan fingerprint density at radius 3 is 2.50 bits per heavy atom. The van der Waals surface area contributed by atoms with E-state index < -0.39 is 0 Å². The molecule has 3 rings (SSSR count). The molecule has 1 heterocycles. The van der Waals surface area contributed by atoms with Crippen LogP contribution in [0.4, 0.5) is 0 Å². The van der Waals surface area contributed by atoms with Crippen LogP contribution in [0.2, 0.25) is 0 Å². The molecule has 1 saturated carbocycles. The van der Waals surface area contributed by atoms with Crippen LogP contribution >= 0.6 is 23.5 Å². The maximum atomic E-state index is 12.1. The van der Waals surface area contributed by atoms with Gasteiger partial charge in [0.15, 0.2) is 0 Å². The zero-order valence-electron chi connectivity index (χ0n) is 11.8. The fourth-order valence-corrected chi connectivity index (χ4v) is 7.05. The summed E-state index contributed by atoms with van der Waals surface area (Å²) in [5.41, 5.74) is 1.43. The van der Waals surface area contributed by atoms with E-state index in [-0.39, 0.29) is 4.08 Å². The highest BCUT2D eigenvalue weighted by molar-refractivity contribution is 8.18. The van der Waals surface area contributed by atoms with Crippen LogP contribution in [-0.2, 0) is 8.87 Å². The summed E-state index contributed by atoms with van der Waals surface area (Å²) in [5.74, 6) is 3.45. The normalized spacial score (nSPS) is 27.0. The molecule has 3 heteroatoms. The number of thioether (sulfide) groups is 2. The maximum Gasteiger partial charge on any atom is 0.133 e. The van der Waals surface area contributed by atoms with Crippen molar-refractivity contribution in [3.63, 3.8) is 0 Å². The lowest BCUT2D eigenvalue weighted by Crippen LogP contribution is -2.33. The second-order valence-electron chi connectivity index (χ2n) is 5.77. The first kappa shape index (κ1) is 14.5. The Labute approximate surface area is 130 Å². The number of Topliss-reactive ketones (excluding diaryl/α,β-unsaturated/α-hetero) is 1. The molecule has 1 aliphatic carbocycles. The molecule has 2 fully saturated rings. The number of benzene rings is 1. The third-order valence-electron chi connectivity index (χ3n) is 4.37. The van der Waals surface area contributed by atoms with Crippen molar-refractivity contribution < 1.29 is 4.79 Å². The van der Waals surface area contributed by atoms with Crippen LogP contribution < -0.4 is 0 Å². The molecular formula is C17H22OS2. The lowest BCUT2D eigenvalue weighted by Gasteiger charge is -2.42.